The van der Waals surface area contributed by atoms with Crippen LogP contribution in [0.1, 0.15) is 16.3 Å². The predicted molar refractivity (Wildman–Crippen MR) is 81.8 cm³/mol. The van der Waals surface area contributed by atoms with Crippen LogP contribution in [0.4, 0.5) is 0 Å². The predicted octanol–water partition coefficient (Wildman–Crippen LogP) is 1.40. The molecule has 2 aromatic rings. The van der Waals surface area contributed by atoms with E-state index in [2.05, 4.69) is 9.71 Å². The van der Waals surface area contributed by atoms with E-state index in [-0.39, 0.29) is 23.7 Å². The number of nitrogens with zero attached hydrogens (tertiary/aromatic N) is 1. The Bertz CT molecular complexity index is 726. The molecule has 0 atom stereocenters. The number of aryl methyl sites for hydroxylation is 1. The van der Waals surface area contributed by atoms with Crippen molar-refractivity contribution in [2.75, 3.05) is 7.11 Å². The highest BCUT2D eigenvalue weighted by atomic mass is 32.2. The third-order valence-electron chi connectivity index (χ3n) is 2.83. The number of sulfonamides is 1. The molecular weight excluding hydrogens is 310 g/mol. The molecule has 0 aliphatic rings. The van der Waals surface area contributed by atoms with Gasteiger partial charge in [0.2, 0.25) is 10.0 Å². The minimum atomic E-state index is -3.69. The molecule has 2 rings (SSSR count). The summed E-state index contributed by atoms with van der Waals surface area (Å²) in [4.78, 5) is 4.31. The van der Waals surface area contributed by atoms with Gasteiger partial charge in [-0.25, -0.2) is 18.1 Å². The van der Waals surface area contributed by atoms with Crippen molar-refractivity contribution in [2.45, 2.75) is 24.9 Å². The van der Waals surface area contributed by atoms with Gasteiger partial charge in [0.15, 0.2) is 0 Å². The number of methoxy groups -OCH3 is 1. The average molecular weight is 327 g/mol. The van der Waals surface area contributed by atoms with Crippen molar-refractivity contribution in [1.29, 1.82) is 0 Å². The Morgan fingerprint density at radius 2 is 2.19 bits per heavy atom. The molecule has 1 aromatic carbocycles. The van der Waals surface area contributed by atoms with Crippen LogP contribution in [-0.4, -0.2) is 20.5 Å². The lowest BCUT2D eigenvalue weighted by atomic mass is 10.2. The zero-order chi connectivity index (χ0) is 15.5. The first-order chi connectivity index (χ1) is 9.96. The number of benzene rings is 1. The van der Waals surface area contributed by atoms with Crippen LogP contribution in [-0.2, 0) is 23.1 Å². The molecule has 6 nitrogen and oxygen atoms in total. The van der Waals surface area contributed by atoms with Crippen LogP contribution >= 0.6 is 11.3 Å². The van der Waals surface area contributed by atoms with Crippen LogP contribution in [0.3, 0.4) is 0 Å². The molecular formula is C13H17N3O3S2. The van der Waals surface area contributed by atoms with E-state index in [1.807, 2.05) is 12.3 Å². The molecule has 114 valence electrons. The van der Waals surface area contributed by atoms with E-state index in [0.29, 0.717) is 5.01 Å². The van der Waals surface area contributed by atoms with Crippen molar-refractivity contribution < 1.29 is 13.2 Å². The minimum absolute atomic E-state index is 0.0845. The summed E-state index contributed by atoms with van der Waals surface area (Å²) in [5, 5.41) is 2.59. The third-order valence-corrected chi connectivity index (χ3v) is 5.22. The van der Waals surface area contributed by atoms with Gasteiger partial charge in [0.25, 0.3) is 0 Å². The minimum Gasteiger partial charge on any atom is -0.495 e. The number of thiazole rings is 1. The van der Waals surface area contributed by atoms with Crippen molar-refractivity contribution in [1.82, 2.24) is 9.71 Å². The topological polar surface area (TPSA) is 94.3 Å². The standard InChI is InChI=1S/C13H17N3O3S2/c1-9-8-20-13(16-9)7-15-21(17,18)12-5-10(6-14)3-4-11(12)19-2/h3-5,8,15H,6-7,14H2,1-2H3. The first kappa shape index (κ1) is 15.9. The van der Waals surface area contributed by atoms with E-state index in [1.54, 1.807) is 12.1 Å². The van der Waals surface area contributed by atoms with Gasteiger partial charge in [0, 0.05) is 17.6 Å². The number of aromatic nitrogens is 1. The number of hydrogen-bond donors (Lipinski definition) is 2. The van der Waals surface area contributed by atoms with E-state index < -0.39 is 10.0 Å². The number of rotatable bonds is 6. The van der Waals surface area contributed by atoms with Crippen LogP contribution < -0.4 is 15.2 Å². The van der Waals surface area contributed by atoms with Crippen LogP contribution in [0.25, 0.3) is 0 Å². The quantitative estimate of drug-likeness (QED) is 0.836. The fraction of sp³-hybridized carbons (Fsp3) is 0.308. The highest BCUT2D eigenvalue weighted by Gasteiger charge is 2.20. The largest absolute Gasteiger partial charge is 0.495 e. The van der Waals surface area contributed by atoms with Crippen molar-refractivity contribution in [3.63, 3.8) is 0 Å². The summed E-state index contributed by atoms with van der Waals surface area (Å²) in [5.41, 5.74) is 7.15. The zero-order valence-corrected chi connectivity index (χ0v) is 13.4. The molecule has 1 aromatic heterocycles. The maximum atomic E-state index is 12.4. The molecule has 21 heavy (non-hydrogen) atoms. The third kappa shape index (κ3) is 3.79. The molecule has 0 spiro atoms. The number of nitrogens with one attached hydrogen (secondary N) is 1. The first-order valence-electron chi connectivity index (χ1n) is 6.24. The van der Waals surface area contributed by atoms with Gasteiger partial charge >= 0.3 is 0 Å². The molecule has 0 saturated carbocycles. The zero-order valence-electron chi connectivity index (χ0n) is 11.8. The highest BCUT2D eigenvalue weighted by molar-refractivity contribution is 7.89. The van der Waals surface area contributed by atoms with E-state index in [1.165, 1.54) is 24.5 Å². The lowest BCUT2D eigenvalue weighted by Crippen LogP contribution is -2.24. The number of nitrogens with two attached hydrogens (primary N) is 1. The van der Waals surface area contributed by atoms with Gasteiger partial charge in [0.05, 0.1) is 13.7 Å². The summed E-state index contributed by atoms with van der Waals surface area (Å²) < 4.78 is 32.5. The summed E-state index contributed by atoms with van der Waals surface area (Å²) in [5.74, 6) is 0.287. The molecule has 3 N–H and O–H groups in total. The van der Waals surface area contributed by atoms with E-state index in [0.717, 1.165) is 11.3 Å². The molecule has 0 radical (unpaired) electrons. The Labute approximate surface area is 128 Å². The SMILES string of the molecule is COc1ccc(CN)cc1S(=O)(=O)NCc1nc(C)cs1. The van der Waals surface area contributed by atoms with Crippen molar-refractivity contribution in [2.24, 2.45) is 5.73 Å². The number of hydrogen-bond acceptors (Lipinski definition) is 6. The van der Waals surface area contributed by atoms with Gasteiger partial charge in [0.1, 0.15) is 15.7 Å². The number of ether oxygens (including phenoxy) is 1. The van der Waals surface area contributed by atoms with Crippen molar-refractivity contribution in [3.8, 4) is 5.75 Å². The van der Waals surface area contributed by atoms with Gasteiger partial charge < -0.3 is 10.5 Å². The van der Waals surface area contributed by atoms with Crippen molar-refractivity contribution in [3.05, 3.63) is 39.8 Å². The van der Waals surface area contributed by atoms with Gasteiger partial charge in [-0.2, -0.15) is 0 Å². The van der Waals surface area contributed by atoms with Crippen LogP contribution in [0.5, 0.6) is 5.75 Å². The van der Waals surface area contributed by atoms with Gasteiger partial charge in [-0.05, 0) is 24.6 Å². The lowest BCUT2D eigenvalue weighted by molar-refractivity contribution is 0.402. The normalized spacial score (nSPS) is 11.6. The summed E-state index contributed by atoms with van der Waals surface area (Å²) in [6.45, 7) is 2.28. The Balaban J connectivity index is 2.26. The van der Waals surface area contributed by atoms with Gasteiger partial charge in [-0.15, -0.1) is 11.3 Å². The fourth-order valence-electron chi connectivity index (χ4n) is 1.78. The average Bonchev–Trinajstić information content (AvgIpc) is 2.90. The molecule has 0 aliphatic heterocycles. The fourth-order valence-corrected chi connectivity index (χ4v) is 3.78. The molecule has 1 heterocycles. The Kier molecular flexibility index (Phi) is 4.94. The molecule has 0 amide bonds. The maximum Gasteiger partial charge on any atom is 0.244 e. The Morgan fingerprint density at radius 1 is 1.43 bits per heavy atom. The Hall–Kier alpha value is -1.48. The smallest absolute Gasteiger partial charge is 0.244 e. The molecule has 0 saturated heterocycles. The summed E-state index contributed by atoms with van der Waals surface area (Å²) in [6, 6.07) is 4.86. The Morgan fingerprint density at radius 3 is 2.76 bits per heavy atom. The maximum absolute atomic E-state index is 12.4. The molecule has 8 heteroatoms. The van der Waals surface area contributed by atoms with E-state index in [4.69, 9.17) is 10.5 Å². The lowest BCUT2D eigenvalue weighted by Gasteiger charge is -2.11. The second-order valence-electron chi connectivity index (χ2n) is 4.40. The van der Waals surface area contributed by atoms with Gasteiger partial charge in [-0.1, -0.05) is 6.07 Å². The van der Waals surface area contributed by atoms with Crippen LogP contribution in [0.2, 0.25) is 0 Å². The van der Waals surface area contributed by atoms with E-state index in [9.17, 15) is 8.42 Å². The van der Waals surface area contributed by atoms with Gasteiger partial charge in [-0.3, -0.25) is 0 Å². The molecule has 0 fully saturated rings. The summed E-state index contributed by atoms with van der Waals surface area (Å²) >= 11 is 1.41. The van der Waals surface area contributed by atoms with E-state index >= 15 is 0 Å². The first-order valence-corrected chi connectivity index (χ1v) is 8.60. The summed E-state index contributed by atoms with van der Waals surface area (Å²) in [6.07, 6.45) is 0. The second-order valence-corrected chi connectivity index (χ2v) is 7.07. The molecule has 0 unspecified atom stereocenters. The molecule has 0 bridgehead atoms. The highest BCUT2D eigenvalue weighted by Crippen LogP contribution is 2.25. The summed E-state index contributed by atoms with van der Waals surface area (Å²) in [7, 11) is -2.26. The van der Waals surface area contributed by atoms with Crippen LogP contribution in [0.15, 0.2) is 28.5 Å². The molecule has 0 aliphatic carbocycles. The monoisotopic (exact) mass is 327 g/mol. The van der Waals surface area contributed by atoms with Crippen LogP contribution in [0, 0.1) is 6.92 Å². The van der Waals surface area contributed by atoms with Crippen molar-refractivity contribution >= 4 is 21.4 Å². The second kappa shape index (κ2) is 6.52.